The summed E-state index contributed by atoms with van der Waals surface area (Å²) in [5.41, 5.74) is 2.09. The van der Waals surface area contributed by atoms with Gasteiger partial charge in [0.2, 0.25) is 15.9 Å². The Morgan fingerprint density at radius 2 is 1.94 bits per heavy atom. The Balaban J connectivity index is 1.91. The Morgan fingerprint density at radius 3 is 2.58 bits per heavy atom. The molecule has 0 N–H and O–H groups in total. The molecule has 0 amide bonds. The molecule has 0 saturated carbocycles. The number of carbonyl (C=O) groups excluding carboxylic acids is 1. The van der Waals surface area contributed by atoms with E-state index in [1.807, 2.05) is 43.5 Å². The fraction of sp³-hybridized carbons (Fsp3) is 0.409. The highest BCUT2D eigenvalue weighted by Gasteiger charge is 2.20. The van der Waals surface area contributed by atoms with Crippen LogP contribution in [0, 0.1) is 0 Å². The van der Waals surface area contributed by atoms with E-state index in [-0.39, 0.29) is 23.3 Å². The number of nitrogens with zero attached hydrogens (tertiary/aromatic N) is 5. The van der Waals surface area contributed by atoms with Gasteiger partial charge in [0.1, 0.15) is 11.3 Å². The van der Waals surface area contributed by atoms with Gasteiger partial charge >= 0.3 is 0 Å². The summed E-state index contributed by atoms with van der Waals surface area (Å²) in [4.78, 5) is 22.2. The van der Waals surface area contributed by atoms with Gasteiger partial charge in [-0.3, -0.25) is 14.4 Å². The maximum absolute atomic E-state index is 12.9. The number of sulfonamides is 1. The summed E-state index contributed by atoms with van der Waals surface area (Å²) >= 11 is 0. The Morgan fingerprint density at radius 1 is 1.19 bits per heavy atom. The molecule has 0 fully saturated rings. The molecule has 166 valence electrons. The van der Waals surface area contributed by atoms with Gasteiger partial charge in [0.05, 0.1) is 15.9 Å². The highest BCUT2D eigenvalue weighted by molar-refractivity contribution is 7.89. The lowest BCUT2D eigenvalue weighted by molar-refractivity contribution is 0.0896. The van der Waals surface area contributed by atoms with Crippen molar-refractivity contribution >= 4 is 27.0 Å². The van der Waals surface area contributed by atoms with Crippen LogP contribution in [0.1, 0.15) is 37.8 Å². The molecule has 8 nitrogen and oxygen atoms in total. The summed E-state index contributed by atoms with van der Waals surface area (Å²) in [6.45, 7) is 6.61. The first kappa shape index (κ1) is 22.9. The van der Waals surface area contributed by atoms with Gasteiger partial charge in [-0.15, -0.1) is 0 Å². The third kappa shape index (κ3) is 4.77. The molecule has 0 radical (unpaired) electrons. The number of carbonyl (C=O) groups is 1. The number of imidazole rings is 1. The monoisotopic (exact) mass is 443 g/mol. The SMILES string of the molecule is CCn1c(CCC(=O)n2ccccc2=NC(C)C)nc2cc(S(=O)(=O)N(C)C)ccc21. The van der Waals surface area contributed by atoms with E-state index >= 15 is 0 Å². The van der Waals surface area contributed by atoms with Crippen molar-refractivity contribution in [1.82, 2.24) is 18.4 Å². The van der Waals surface area contributed by atoms with Crippen molar-refractivity contribution in [3.63, 3.8) is 0 Å². The van der Waals surface area contributed by atoms with Crippen molar-refractivity contribution in [1.29, 1.82) is 0 Å². The van der Waals surface area contributed by atoms with Gasteiger partial charge in [-0.25, -0.2) is 17.7 Å². The van der Waals surface area contributed by atoms with Crippen LogP contribution in [-0.4, -0.2) is 52.9 Å². The smallest absolute Gasteiger partial charge is 0.242 e. The van der Waals surface area contributed by atoms with E-state index in [4.69, 9.17) is 0 Å². The van der Waals surface area contributed by atoms with E-state index in [0.29, 0.717) is 24.0 Å². The quantitative estimate of drug-likeness (QED) is 0.562. The minimum atomic E-state index is -3.54. The first-order valence-corrected chi connectivity index (χ1v) is 11.8. The molecular weight excluding hydrogens is 414 g/mol. The fourth-order valence-electron chi connectivity index (χ4n) is 3.43. The predicted octanol–water partition coefficient (Wildman–Crippen LogP) is 2.69. The largest absolute Gasteiger partial charge is 0.328 e. The zero-order valence-corrected chi connectivity index (χ0v) is 19.4. The second-order valence-corrected chi connectivity index (χ2v) is 9.91. The van der Waals surface area contributed by atoms with Crippen molar-refractivity contribution in [2.75, 3.05) is 14.1 Å². The van der Waals surface area contributed by atoms with Gasteiger partial charge in [0.15, 0.2) is 0 Å². The molecule has 2 aromatic heterocycles. The van der Waals surface area contributed by atoms with E-state index in [9.17, 15) is 13.2 Å². The number of benzene rings is 1. The summed E-state index contributed by atoms with van der Waals surface area (Å²) in [5.74, 6) is 0.690. The normalized spacial score (nSPS) is 12.9. The Labute approximate surface area is 182 Å². The van der Waals surface area contributed by atoms with Crippen LogP contribution in [0.5, 0.6) is 0 Å². The van der Waals surface area contributed by atoms with E-state index < -0.39 is 10.0 Å². The van der Waals surface area contributed by atoms with Crippen molar-refractivity contribution in [2.24, 2.45) is 4.99 Å². The predicted molar refractivity (Wildman–Crippen MR) is 120 cm³/mol. The first-order valence-electron chi connectivity index (χ1n) is 10.3. The van der Waals surface area contributed by atoms with Gasteiger partial charge in [0, 0.05) is 45.7 Å². The molecule has 1 aromatic carbocycles. The van der Waals surface area contributed by atoms with E-state index in [0.717, 1.165) is 11.3 Å². The summed E-state index contributed by atoms with van der Waals surface area (Å²) < 4.78 is 29.7. The molecule has 3 rings (SSSR count). The zero-order valence-electron chi connectivity index (χ0n) is 18.6. The number of pyridine rings is 1. The molecule has 0 unspecified atom stereocenters. The van der Waals surface area contributed by atoms with Gasteiger partial charge in [0.25, 0.3) is 0 Å². The van der Waals surface area contributed by atoms with Crippen LogP contribution in [-0.2, 0) is 23.0 Å². The average Bonchev–Trinajstić information content (AvgIpc) is 3.08. The number of hydrogen-bond donors (Lipinski definition) is 0. The van der Waals surface area contributed by atoms with Crippen molar-refractivity contribution in [3.05, 3.63) is 53.9 Å². The van der Waals surface area contributed by atoms with Crippen molar-refractivity contribution in [3.8, 4) is 0 Å². The Kier molecular flexibility index (Phi) is 6.76. The second-order valence-electron chi connectivity index (χ2n) is 7.76. The summed E-state index contributed by atoms with van der Waals surface area (Å²) in [6, 6.07) is 10.5. The molecule has 0 aliphatic carbocycles. The van der Waals surface area contributed by atoms with Crippen molar-refractivity contribution < 1.29 is 13.2 Å². The number of rotatable bonds is 7. The molecule has 31 heavy (non-hydrogen) atoms. The molecule has 0 bridgehead atoms. The molecule has 2 heterocycles. The summed E-state index contributed by atoms with van der Waals surface area (Å²) in [6.07, 6.45) is 2.44. The molecule has 0 aliphatic heterocycles. The molecule has 0 aliphatic rings. The van der Waals surface area contributed by atoms with Gasteiger partial charge in [-0.2, -0.15) is 0 Å². The maximum Gasteiger partial charge on any atom is 0.242 e. The molecule has 9 heteroatoms. The van der Waals surface area contributed by atoms with Crippen LogP contribution in [0.4, 0.5) is 0 Å². The second kappa shape index (κ2) is 9.15. The van der Waals surface area contributed by atoms with E-state index in [1.54, 1.807) is 29.0 Å². The lowest BCUT2D eigenvalue weighted by Gasteiger charge is -2.11. The Bertz CT molecular complexity index is 1270. The van der Waals surface area contributed by atoms with Crippen LogP contribution in [0.25, 0.3) is 11.0 Å². The van der Waals surface area contributed by atoms with E-state index in [1.165, 1.54) is 18.4 Å². The third-order valence-corrected chi connectivity index (χ3v) is 6.76. The minimum Gasteiger partial charge on any atom is -0.328 e. The first-order chi connectivity index (χ1) is 14.6. The molecule has 0 spiro atoms. The fourth-order valence-corrected chi connectivity index (χ4v) is 4.35. The van der Waals surface area contributed by atoms with Crippen molar-refractivity contribution in [2.45, 2.75) is 51.1 Å². The highest BCUT2D eigenvalue weighted by Crippen LogP contribution is 2.22. The lowest BCUT2D eigenvalue weighted by atomic mass is 10.2. The molecule has 0 atom stereocenters. The number of aromatic nitrogens is 3. The molecule has 3 aromatic rings. The van der Waals surface area contributed by atoms with Crippen LogP contribution >= 0.6 is 0 Å². The minimum absolute atomic E-state index is 0.0643. The Hall–Kier alpha value is -2.78. The number of hydrogen-bond acceptors (Lipinski definition) is 5. The highest BCUT2D eigenvalue weighted by atomic mass is 32.2. The molecular formula is C22H29N5O3S. The summed E-state index contributed by atoms with van der Waals surface area (Å²) in [5, 5.41) is 0. The van der Waals surface area contributed by atoms with E-state index in [2.05, 4.69) is 9.98 Å². The van der Waals surface area contributed by atoms with Crippen LogP contribution < -0.4 is 5.49 Å². The summed E-state index contributed by atoms with van der Waals surface area (Å²) in [7, 11) is -0.534. The third-order valence-electron chi connectivity index (χ3n) is 4.95. The average molecular weight is 444 g/mol. The van der Waals surface area contributed by atoms with Gasteiger partial charge in [-0.1, -0.05) is 6.07 Å². The van der Waals surface area contributed by atoms with Crippen LogP contribution in [0.15, 0.2) is 52.5 Å². The van der Waals surface area contributed by atoms with Gasteiger partial charge in [-0.05, 0) is 51.1 Å². The lowest BCUT2D eigenvalue weighted by Crippen LogP contribution is -2.28. The zero-order chi connectivity index (χ0) is 22.8. The number of aryl methyl sites for hydroxylation is 2. The topological polar surface area (TPSA) is 89.6 Å². The van der Waals surface area contributed by atoms with Crippen LogP contribution in [0.2, 0.25) is 0 Å². The standard InChI is InChI=1S/C22H29N5O3S/c1-6-26-19-11-10-17(31(29,30)25(4)5)15-18(19)24-21(26)12-13-22(28)27-14-8-7-9-20(27)23-16(2)3/h7-11,14-16H,6,12-13H2,1-5H3. The molecule has 0 saturated heterocycles. The maximum atomic E-state index is 12.9. The van der Waals surface area contributed by atoms with Gasteiger partial charge < -0.3 is 4.57 Å². The van der Waals surface area contributed by atoms with Crippen LogP contribution in [0.3, 0.4) is 0 Å². The number of fused-ring (bicyclic) bond motifs is 1.